The Morgan fingerprint density at radius 1 is 1.37 bits per heavy atom. The van der Waals surface area contributed by atoms with Gasteiger partial charge in [0.05, 0.1) is 19.9 Å². The summed E-state index contributed by atoms with van der Waals surface area (Å²) in [6, 6.07) is 12.1. The molecule has 158 valence electrons. The molecule has 0 saturated carbocycles. The lowest BCUT2D eigenvalue weighted by Crippen LogP contribution is -2.35. The number of ether oxygens (including phenoxy) is 1. The Kier molecular flexibility index (Phi) is 5.90. The summed E-state index contributed by atoms with van der Waals surface area (Å²) in [5.41, 5.74) is 3.95. The third-order valence-corrected chi connectivity index (χ3v) is 5.71. The van der Waals surface area contributed by atoms with Gasteiger partial charge in [0.1, 0.15) is 11.5 Å². The van der Waals surface area contributed by atoms with Crippen LogP contribution in [-0.2, 0) is 33.0 Å². The number of furan rings is 1. The first-order valence-corrected chi connectivity index (χ1v) is 10.2. The van der Waals surface area contributed by atoms with E-state index in [1.54, 1.807) is 25.3 Å². The highest BCUT2D eigenvalue weighted by Gasteiger charge is 2.29. The number of hydrogen-bond acceptors (Lipinski definition) is 5. The van der Waals surface area contributed by atoms with Crippen molar-refractivity contribution in [2.24, 2.45) is 7.05 Å². The van der Waals surface area contributed by atoms with Crippen LogP contribution in [0.4, 0.5) is 0 Å². The number of nitrogens with one attached hydrogen (secondary N) is 1. The van der Waals surface area contributed by atoms with Gasteiger partial charge >= 0.3 is 0 Å². The summed E-state index contributed by atoms with van der Waals surface area (Å²) in [6.07, 6.45) is 4.34. The molecule has 0 aliphatic heterocycles. The molecule has 1 amide bonds. The van der Waals surface area contributed by atoms with E-state index in [4.69, 9.17) is 9.15 Å². The van der Waals surface area contributed by atoms with Crippen molar-refractivity contribution in [3.05, 3.63) is 70.9 Å². The van der Waals surface area contributed by atoms with Crippen molar-refractivity contribution < 1.29 is 13.9 Å². The summed E-state index contributed by atoms with van der Waals surface area (Å²) in [6.45, 7) is 1.19. The quantitative estimate of drug-likeness (QED) is 0.651. The van der Waals surface area contributed by atoms with Crippen LogP contribution in [0, 0.1) is 0 Å². The van der Waals surface area contributed by atoms with Crippen LogP contribution in [0.5, 0.6) is 5.75 Å². The number of aromatic nitrogens is 2. The predicted octanol–water partition coefficient (Wildman–Crippen LogP) is 2.94. The van der Waals surface area contributed by atoms with E-state index in [-0.39, 0.29) is 5.91 Å². The Morgan fingerprint density at radius 2 is 2.23 bits per heavy atom. The third-order valence-electron chi connectivity index (χ3n) is 5.71. The zero-order valence-electron chi connectivity index (χ0n) is 17.7. The van der Waals surface area contributed by atoms with E-state index < -0.39 is 0 Å². The second-order valence-electron chi connectivity index (χ2n) is 7.81. The standard InChI is InChI=1S/C23H28N4O3/c1-26(15-19-8-5-11-30-19)23(28)22-20-13-17(9-10-21(20)27(2)25-22)24-14-16-6-4-7-18(12-16)29-3/h4-8,11-12,17,24H,9-10,13-15H2,1-3H3. The number of carbonyl (C=O) groups excluding carboxylic acids is 1. The number of carbonyl (C=O) groups is 1. The maximum Gasteiger partial charge on any atom is 0.274 e. The zero-order chi connectivity index (χ0) is 21.1. The Balaban J connectivity index is 1.45. The van der Waals surface area contributed by atoms with Crippen LogP contribution in [0.25, 0.3) is 0 Å². The van der Waals surface area contributed by atoms with Gasteiger partial charge in [-0.15, -0.1) is 0 Å². The second-order valence-corrected chi connectivity index (χ2v) is 7.81. The number of hydrogen-bond donors (Lipinski definition) is 1. The fraction of sp³-hybridized carbons (Fsp3) is 0.391. The Hall–Kier alpha value is -3.06. The molecule has 0 radical (unpaired) electrons. The van der Waals surface area contributed by atoms with Crippen LogP contribution >= 0.6 is 0 Å². The van der Waals surface area contributed by atoms with Crippen LogP contribution in [0.3, 0.4) is 0 Å². The van der Waals surface area contributed by atoms with Gasteiger partial charge in [-0.1, -0.05) is 12.1 Å². The van der Waals surface area contributed by atoms with Crippen LogP contribution in [0.1, 0.15) is 39.5 Å². The first-order valence-electron chi connectivity index (χ1n) is 10.2. The Morgan fingerprint density at radius 3 is 3.00 bits per heavy atom. The average molecular weight is 409 g/mol. The molecule has 1 unspecified atom stereocenters. The summed E-state index contributed by atoms with van der Waals surface area (Å²) < 4.78 is 12.5. The summed E-state index contributed by atoms with van der Waals surface area (Å²) in [5, 5.41) is 8.21. The topological polar surface area (TPSA) is 72.5 Å². The number of nitrogens with zero attached hydrogens (tertiary/aromatic N) is 3. The van der Waals surface area contributed by atoms with E-state index in [2.05, 4.69) is 16.5 Å². The molecular formula is C23H28N4O3. The van der Waals surface area contributed by atoms with E-state index in [1.165, 1.54) is 5.56 Å². The highest BCUT2D eigenvalue weighted by molar-refractivity contribution is 5.94. The third kappa shape index (κ3) is 4.26. The highest BCUT2D eigenvalue weighted by Crippen LogP contribution is 2.26. The summed E-state index contributed by atoms with van der Waals surface area (Å²) in [7, 11) is 5.39. The first-order chi connectivity index (χ1) is 14.5. The van der Waals surface area contributed by atoms with Gasteiger partial charge < -0.3 is 19.4 Å². The lowest BCUT2D eigenvalue weighted by molar-refractivity contribution is 0.0767. The molecule has 30 heavy (non-hydrogen) atoms. The minimum atomic E-state index is -0.0725. The van der Waals surface area contributed by atoms with Gasteiger partial charge in [-0.2, -0.15) is 5.10 Å². The normalized spacial score (nSPS) is 15.6. The molecule has 1 aromatic carbocycles. The maximum atomic E-state index is 13.1. The molecule has 1 aliphatic rings. The SMILES string of the molecule is COc1cccc(CNC2CCc3c(c(C(=O)N(C)Cc4ccco4)nn3C)C2)c1. The minimum absolute atomic E-state index is 0.0725. The number of aryl methyl sites for hydroxylation is 1. The lowest BCUT2D eigenvalue weighted by Gasteiger charge is -2.25. The van der Waals surface area contributed by atoms with Gasteiger partial charge in [0, 0.05) is 37.9 Å². The highest BCUT2D eigenvalue weighted by atomic mass is 16.5. The van der Waals surface area contributed by atoms with E-state index in [0.29, 0.717) is 18.3 Å². The fourth-order valence-electron chi connectivity index (χ4n) is 4.07. The predicted molar refractivity (Wildman–Crippen MR) is 113 cm³/mol. The molecule has 1 atom stereocenters. The van der Waals surface area contributed by atoms with Gasteiger partial charge in [-0.25, -0.2) is 0 Å². The molecule has 0 saturated heterocycles. The van der Waals surface area contributed by atoms with Crippen molar-refractivity contribution in [1.82, 2.24) is 20.0 Å². The van der Waals surface area contributed by atoms with Gasteiger partial charge in [0.25, 0.3) is 5.91 Å². The number of rotatable bonds is 7. The van der Waals surface area contributed by atoms with Gasteiger partial charge in [-0.05, 0) is 49.1 Å². The van der Waals surface area contributed by atoms with Crippen LogP contribution in [0.2, 0.25) is 0 Å². The van der Waals surface area contributed by atoms with E-state index in [9.17, 15) is 4.79 Å². The van der Waals surface area contributed by atoms with Crippen LogP contribution in [0.15, 0.2) is 47.1 Å². The van der Waals surface area contributed by atoms with Gasteiger partial charge in [0.2, 0.25) is 0 Å². The van der Waals surface area contributed by atoms with Gasteiger partial charge in [0.15, 0.2) is 5.69 Å². The molecule has 7 nitrogen and oxygen atoms in total. The fourth-order valence-corrected chi connectivity index (χ4v) is 4.07. The lowest BCUT2D eigenvalue weighted by atomic mass is 9.91. The van der Waals surface area contributed by atoms with Crippen molar-refractivity contribution in [2.75, 3.05) is 14.2 Å². The van der Waals surface area contributed by atoms with Crippen LogP contribution < -0.4 is 10.1 Å². The van der Waals surface area contributed by atoms with Crippen LogP contribution in [-0.4, -0.2) is 40.8 Å². The molecule has 3 aromatic rings. The molecule has 2 heterocycles. The maximum absolute atomic E-state index is 13.1. The van der Waals surface area contributed by atoms with E-state index in [1.807, 2.05) is 42.1 Å². The molecule has 0 fully saturated rings. The van der Waals surface area contributed by atoms with E-state index in [0.717, 1.165) is 48.6 Å². The van der Waals surface area contributed by atoms with Crippen molar-refractivity contribution in [3.63, 3.8) is 0 Å². The Bertz CT molecular complexity index is 1010. The molecule has 2 aromatic heterocycles. The molecule has 7 heteroatoms. The molecule has 4 rings (SSSR count). The number of benzene rings is 1. The number of fused-ring (bicyclic) bond motifs is 1. The average Bonchev–Trinajstić information content (AvgIpc) is 3.39. The monoisotopic (exact) mass is 408 g/mol. The van der Waals surface area contributed by atoms with Crippen molar-refractivity contribution in [1.29, 1.82) is 0 Å². The smallest absolute Gasteiger partial charge is 0.274 e. The number of methoxy groups -OCH3 is 1. The minimum Gasteiger partial charge on any atom is -0.497 e. The molecule has 1 N–H and O–H groups in total. The molecule has 0 bridgehead atoms. The van der Waals surface area contributed by atoms with E-state index >= 15 is 0 Å². The van der Waals surface area contributed by atoms with Crippen molar-refractivity contribution >= 4 is 5.91 Å². The molecule has 0 spiro atoms. The first kappa shape index (κ1) is 20.2. The second kappa shape index (κ2) is 8.75. The summed E-state index contributed by atoms with van der Waals surface area (Å²) in [4.78, 5) is 14.7. The molecular weight excluding hydrogens is 380 g/mol. The summed E-state index contributed by atoms with van der Waals surface area (Å²) >= 11 is 0. The zero-order valence-corrected chi connectivity index (χ0v) is 17.7. The van der Waals surface area contributed by atoms with Crippen molar-refractivity contribution in [3.8, 4) is 5.75 Å². The largest absolute Gasteiger partial charge is 0.497 e. The van der Waals surface area contributed by atoms with Gasteiger partial charge in [-0.3, -0.25) is 9.48 Å². The molecule has 1 aliphatic carbocycles. The van der Waals surface area contributed by atoms with Crippen molar-refractivity contribution in [2.45, 2.75) is 38.4 Å². The number of amides is 1. The Labute approximate surface area is 176 Å². The summed E-state index contributed by atoms with van der Waals surface area (Å²) in [5.74, 6) is 1.55.